The van der Waals surface area contributed by atoms with E-state index in [1.807, 2.05) is 54.6 Å². The SMILES string of the molecule is O=C(CCc1cccnc1)Cc1ccc(S(=O)(=O)Nc2ccc(-c3ccccc3)cc2)cc1. The maximum absolute atomic E-state index is 12.8. The van der Waals surface area contributed by atoms with Gasteiger partial charge in [0.25, 0.3) is 10.0 Å². The first-order valence-electron chi connectivity index (χ1n) is 10.7. The lowest BCUT2D eigenvalue weighted by Gasteiger charge is -2.10. The Morgan fingerprint density at radius 1 is 0.758 bits per heavy atom. The Labute approximate surface area is 194 Å². The van der Waals surface area contributed by atoms with Crippen LogP contribution in [-0.2, 0) is 27.7 Å². The van der Waals surface area contributed by atoms with Crippen molar-refractivity contribution >= 4 is 21.5 Å². The molecule has 166 valence electrons. The summed E-state index contributed by atoms with van der Waals surface area (Å²) in [7, 11) is -3.72. The molecule has 0 fully saturated rings. The number of rotatable bonds is 9. The summed E-state index contributed by atoms with van der Waals surface area (Å²) in [5.41, 5.74) is 4.38. The molecule has 6 heteroatoms. The molecule has 5 nitrogen and oxygen atoms in total. The molecule has 0 aliphatic carbocycles. The number of aryl methyl sites for hydroxylation is 1. The summed E-state index contributed by atoms with van der Waals surface area (Å²) in [4.78, 5) is 16.5. The maximum Gasteiger partial charge on any atom is 0.261 e. The molecule has 0 atom stereocenters. The third-order valence-electron chi connectivity index (χ3n) is 5.29. The molecule has 0 radical (unpaired) electrons. The number of hydrogen-bond donors (Lipinski definition) is 1. The summed E-state index contributed by atoms with van der Waals surface area (Å²) in [6.45, 7) is 0. The number of nitrogens with zero attached hydrogens (tertiary/aromatic N) is 1. The second-order valence-corrected chi connectivity index (χ2v) is 9.45. The predicted octanol–water partition coefficient (Wildman–Crippen LogP) is 5.29. The van der Waals surface area contributed by atoms with Gasteiger partial charge in [-0.15, -0.1) is 0 Å². The van der Waals surface area contributed by atoms with Crippen molar-refractivity contribution in [3.05, 3.63) is 115 Å². The Bertz CT molecular complexity index is 1300. The highest BCUT2D eigenvalue weighted by Gasteiger charge is 2.15. The molecule has 0 unspecified atom stereocenters. The van der Waals surface area contributed by atoms with Crippen molar-refractivity contribution in [1.82, 2.24) is 4.98 Å². The van der Waals surface area contributed by atoms with Crippen molar-refractivity contribution in [1.29, 1.82) is 0 Å². The van der Waals surface area contributed by atoms with Crippen LogP contribution in [0.1, 0.15) is 17.5 Å². The number of sulfonamides is 1. The quantitative estimate of drug-likeness (QED) is 0.371. The third kappa shape index (κ3) is 6.14. The minimum Gasteiger partial charge on any atom is -0.299 e. The monoisotopic (exact) mass is 456 g/mol. The van der Waals surface area contributed by atoms with Crippen LogP contribution >= 0.6 is 0 Å². The van der Waals surface area contributed by atoms with Crippen molar-refractivity contribution in [2.75, 3.05) is 4.72 Å². The number of carbonyl (C=O) groups is 1. The average molecular weight is 457 g/mol. The normalized spacial score (nSPS) is 11.2. The summed E-state index contributed by atoms with van der Waals surface area (Å²) >= 11 is 0. The molecule has 4 aromatic rings. The second kappa shape index (κ2) is 10.2. The van der Waals surface area contributed by atoms with Gasteiger partial charge in [-0.1, -0.05) is 60.7 Å². The minimum atomic E-state index is -3.72. The first kappa shape index (κ1) is 22.4. The molecule has 0 spiro atoms. The summed E-state index contributed by atoms with van der Waals surface area (Å²) in [5.74, 6) is 0.103. The molecular formula is C27H24N2O3S. The first-order chi connectivity index (χ1) is 16.0. The Balaban J connectivity index is 1.36. The number of anilines is 1. The van der Waals surface area contributed by atoms with E-state index in [9.17, 15) is 13.2 Å². The van der Waals surface area contributed by atoms with Crippen LogP contribution in [0.15, 0.2) is 108 Å². The van der Waals surface area contributed by atoms with E-state index >= 15 is 0 Å². The molecule has 0 saturated heterocycles. The standard InChI is InChI=1S/C27H24N2O3S/c30-26(15-8-22-5-4-18-28-20-22)19-21-9-16-27(17-10-21)33(31,32)29-25-13-11-24(12-14-25)23-6-2-1-3-7-23/h1-7,9-14,16-18,20,29H,8,15,19H2. The molecular weight excluding hydrogens is 432 g/mol. The first-order valence-corrected chi connectivity index (χ1v) is 12.2. The fourth-order valence-corrected chi connectivity index (χ4v) is 4.57. The fraction of sp³-hybridized carbons (Fsp3) is 0.111. The predicted molar refractivity (Wildman–Crippen MR) is 130 cm³/mol. The van der Waals surface area contributed by atoms with Crippen LogP contribution in [0.2, 0.25) is 0 Å². The maximum atomic E-state index is 12.8. The van der Waals surface area contributed by atoms with Crippen LogP contribution in [0, 0.1) is 0 Å². The van der Waals surface area contributed by atoms with Crippen LogP contribution in [0.25, 0.3) is 11.1 Å². The number of Topliss-reactive ketones (excluding diaryl/α,β-unsaturated/α-hetero) is 1. The Morgan fingerprint density at radius 3 is 2.12 bits per heavy atom. The smallest absolute Gasteiger partial charge is 0.261 e. The van der Waals surface area contributed by atoms with E-state index in [2.05, 4.69) is 9.71 Å². The van der Waals surface area contributed by atoms with Gasteiger partial charge in [0.05, 0.1) is 4.90 Å². The van der Waals surface area contributed by atoms with Crippen LogP contribution in [-0.4, -0.2) is 19.2 Å². The highest BCUT2D eigenvalue weighted by Crippen LogP contribution is 2.23. The molecule has 0 bridgehead atoms. The van der Waals surface area contributed by atoms with Gasteiger partial charge in [0.2, 0.25) is 0 Å². The van der Waals surface area contributed by atoms with Gasteiger partial charge in [0.15, 0.2) is 0 Å². The Kier molecular flexibility index (Phi) is 6.95. The van der Waals surface area contributed by atoms with Crippen LogP contribution < -0.4 is 4.72 Å². The van der Waals surface area contributed by atoms with E-state index < -0.39 is 10.0 Å². The van der Waals surface area contributed by atoms with Crippen molar-refractivity contribution in [3.63, 3.8) is 0 Å². The molecule has 0 aliphatic rings. The van der Waals surface area contributed by atoms with Gasteiger partial charge in [-0.3, -0.25) is 14.5 Å². The lowest BCUT2D eigenvalue weighted by molar-refractivity contribution is -0.118. The van der Waals surface area contributed by atoms with Crippen molar-refractivity contribution in [2.45, 2.75) is 24.2 Å². The van der Waals surface area contributed by atoms with Crippen molar-refractivity contribution in [2.24, 2.45) is 0 Å². The van der Waals surface area contributed by atoms with Gasteiger partial charge in [0, 0.05) is 30.9 Å². The fourth-order valence-electron chi connectivity index (χ4n) is 3.51. The molecule has 0 amide bonds. The van der Waals surface area contributed by atoms with Crippen molar-refractivity contribution in [3.8, 4) is 11.1 Å². The van der Waals surface area contributed by atoms with E-state index in [0.717, 1.165) is 22.3 Å². The van der Waals surface area contributed by atoms with Gasteiger partial charge >= 0.3 is 0 Å². The summed E-state index contributed by atoms with van der Waals surface area (Å²) in [5, 5.41) is 0. The zero-order chi connectivity index (χ0) is 23.1. The van der Waals surface area contributed by atoms with Gasteiger partial charge in [-0.2, -0.15) is 0 Å². The van der Waals surface area contributed by atoms with Gasteiger partial charge in [0.1, 0.15) is 5.78 Å². The number of ketones is 1. The zero-order valence-electron chi connectivity index (χ0n) is 18.0. The van der Waals surface area contributed by atoms with E-state index in [1.54, 1.807) is 36.7 Å². The summed E-state index contributed by atoms with van der Waals surface area (Å²) in [6, 6.07) is 27.4. The molecule has 4 rings (SSSR count). The molecule has 1 heterocycles. The molecule has 1 aromatic heterocycles. The highest BCUT2D eigenvalue weighted by molar-refractivity contribution is 7.92. The van der Waals surface area contributed by atoms with Gasteiger partial charge in [-0.05, 0) is 59.0 Å². The number of benzene rings is 3. The lowest BCUT2D eigenvalue weighted by atomic mass is 10.0. The number of hydrogen-bond acceptors (Lipinski definition) is 4. The summed E-state index contributed by atoms with van der Waals surface area (Å²) < 4.78 is 28.1. The lowest BCUT2D eigenvalue weighted by Crippen LogP contribution is -2.13. The van der Waals surface area contributed by atoms with Crippen LogP contribution in [0.5, 0.6) is 0 Å². The molecule has 33 heavy (non-hydrogen) atoms. The topological polar surface area (TPSA) is 76.1 Å². The highest BCUT2D eigenvalue weighted by atomic mass is 32.2. The summed E-state index contributed by atoms with van der Waals surface area (Å²) in [6.07, 6.45) is 4.80. The van der Waals surface area contributed by atoms with E-state index in [1.165, 1.54) is 12.1 Å². The number of pyridine rings is 1. The largest absolute Gasteiger partial charge is 0.299 e. The van der Waals surface area contributed by atoms with E-state index in [-0.39, 0.29) is 17.1 Å². The minimum absolute atomic E-state index is 0.103. The average Bonchev–Trinajstić information content (AvgIpc) is 2.84. The van der Waals surface area contributed by atoms with Crippen molar-refractivity contribution < 1.29 is 13.2 Å². The van der Waals surface area contributed by atoms with Crippen LogP contribution in [0.4, 0.5) is 5.69 Å². The van der Waals surface area contributed by atoms with E-state index in [0.29, 0.717) is 18.5 Å². The van der Waals surface area contributed by atoms with Crippen LogP contribution in [0.3, 0.4) is 0 Å². The van der Waals surface area contributed by atoms with E-state index in [4.69, 9.17) is 0 Å². The number of aromatic nitrogens is 1. The number of nitrogens with one attached hydrogen (secondary N) is 1. The molecule has 1 N–H and O–H groups in total. The van der Waals surface area contributed by atoms with Gasteiger partial charge in [-0.25, -0.2) is 8.42 Å². The second-order valence-electron chi connectivity index (χ2n) is 7.77. The Morgan fingerprint density at radius 2 is 1.45 bits per heavy atom. The third-order valence-corrected chi connectivity index (χ3v) is 6.69. The number of carbonyl (C=O) groups excluding carboxylic acids is 1. The molecule has 0 aliphatic heterocycles. The van der Waals surface area contributed by atoms with Gasteiger partial charge < -0.3 is 0 Å². The molecule has 0 saturated carbocycles. The Hall–Kier alpha value is -3.77. The molecule has 3 aromatic carbocycles. The zero-order valence-corrected chi connectivity index (χ0v) is 18.8.